The van der Waals surface area contributed by atoms with Crippen LogP contribution in [-0.4, -0.2) is 14.5 Å². The van der Waals surface area contributed by atoms with E-state index in [0.29, 0.717) is 0 Å². The van der Waals surface area contributed by atoms with Gasteiger partial charge in [0.2, 0.25) is 10.0 Å². The Bertz CT molecular complexity index is 512. The summed E-state index contributed by atoms with van der Waals surface area (Å²) in [5.74, 6) is 0. The molecule has 0 saturated heterocycles. The Balaban J connectivity index is 2.70. The molecule has 114 valence electrons. The smallest absolute Gasteiger partial charge is 0.244 e. The Hall–Kier alpha value is -0.780. The molecule has 0 aliphatic heterocycles. The maximum atomic E-state index is 12.3. The van der Waals surface area contributed by atoms with Crippen LogP contribution in [0.15, 0.2) is 23.1 Å². The molecule has 1 aromatic rings. The zero-order valence-electron chi connectivity index (χ0n) is 12.0. The molecule has 0 amide bonds. The fourth-order valence-electron chi connectivity index (χ4n) is 2.07. The highest BCUT2D eigenvalue weighted by atomic mass is 35.5. The minimum Gasteiger partial charge on any atom is -0.398 e. The van der Waals surface area contributed by atoms with Crippen molar-refractivity contribution >= 4 is 27.3 Å². The van der Waals surface area contributed by atoms with Crippen LogP contribution in [0, 0.1) is 0 Å². The van der Waals surface area contributed by atoms with E-state index in [1.54, 1.807) is 6.07 Å². The van der Waals surface area contributed by atoms with E-state index in [1.165, 1.54) is 18.6 Å². The van der Waals surface area contributed by atoms with E-state index < -0.39 is 10.0 Å². The number of nitrogens with one attached hydrogen (secondary N) is 1. The maximum Gasteiger partial charge on any atom is 0.244 e. The van der Waals surface area contributed by atoms with Crippen molar-refractivity contribution in [3.8, 4) is 0 Å². The van der Waals surface area contributed by atoms with Gasteiger partial charge in [0.05, 0.1) is 10.7 Å². The Morgan fingerprint density at radius 2 is 2.00 bits per heavy atom. The summed E-state index contributed by atoms with van der Waals surface area (Å²) in [7, 11) is -3.67. The molecule has 1 unspecified atom stereocenters. The average Bonchev–Trinajstić information content (AvgIpc) is 2.33. The standard InChI is InChI=1S/C14H23ClN2O2S/c1-3-4-5-6-8-11(2)17-20(18,19)14-12(15)9-7-10-13(14)16/h7,9-11,17H,3-6,8,16H2,1-2H3. The number of nitrogens with two attached hydrogens (primary N) is 1. The molecule has 20 heavy (non-hydrogen) atoms. The fraction of sp³-hybridized carbons (Fsp3) is 0.571. The topological polar surface area (TPSA) is 72.2 Å². The lowest BCUT2D eigenvalue weighted by molar-refractivity contribution is 0.522. The van der Waals surface area contributed by atoms with Crippen LogP contribution >= 0.6 is 11.6 Å². The van der Waals surface area contributed by atoms with Gasteiger partial charge in [0.1, 0.15) is 4.90 Å². The van der Waals surface area contributed by atoms with Crippen molar-refractivity contribution in [2.75, 3.05) is 5.73 Å². The molecule has 0 spiro atoms. The quantitative estimate of drug-likeness (QED) is 0.568. The molecule has 4 nitrogen and oxygen atoms in total. The van der Waals surface area contributed by atoms with Crippen molar-refractivity contribution in [1.29, 1.82) is 0 Å². The van der Waals surface area contributed by atoms with Gasteiger partial charge in [-0.3, -0.25) is 0 Å². The zero-order valence-corrected chi connectivity index (χ0v) is 13.6. The molecular weight excluding hydrogens is 296 g/mol. The molecule has 1 rings (SSSR count). The van der Waals surface area contributed by atoms with Crippen molar-refractivity contribution in [2.45, 2.75) is 56.9 Å². The fourth-order valence-corrected chi connectivity index (χ4v) is 4.02. The Morgan fingerprint density at radius 3 is 2.60 bits per heavy atom. The molecule has 0 fully saturated rings. The molecule has 0 radical (unpaired) electrons. The third-order valence-electron chi connectivity index (χ3n) is 3.11. The monoisotopic (exact) mass is 318 g/mol. The van der Waals surface area contributed by atoms with Crippen LogP contribution in [0.2, 0.25) is 5.02 Å². The lowest BCUT2D eigenvalue weighted by Crippen LogP contribution is -2.33. The van der Waals surface area contributed by atoms with Gasteiger partial charge in [-0.1, -0.05) is 50.3 Å². The van der Waals surface area contributed by atoms with Crippen molar-refractivity contribution in [3.63, 3.8) is 0 Å². The van der Waals surface area contributed by atoms with Crippen molar-refractivity contribution in [3.05, 3.63) is 23.2 Å². The minimum atomic E-state index is -3.67. The third-order valence-corrected chi connectivity index (χ3v) is 5.25. The van der Waals surface area contributed by atoms with Gasteiger partial charge in [-0.2, -0.15) is 0 Å². The van der Waals surface area contributed by atoms with Gasteiger partial charge in [0, 0.05) is 6.04 Å². The maximum absolute atomic E-state index is 12.3. The molecular formula is C14H23ClN2O2S. The van der Waals surface area contributed by atoms with E-state index in [4.69, 9.17) is 17.3 Å². The van der Waals surface area contributed by atoms with Crippen LogP contribution in [0.4, 0.5) is 5.69 Å². The normalized spacial score (nSPS) is 13.3. The molecule has 3 N–H and O–H groups in total. The van der Waals surface area contributed by atoms with E-state index in [9.17, 15) is 8.42 Å². The number of hydrogen-bond acceptors (Lipinski definition) is 3. The summed E-state index contributed by atoms with van der Waals surface area (Å²) >= 11 is 5.94. The Morgan fingerprint density at radius 1 is 1.30 bits per heavy atom. The summed E-state index contributed by atoms with van der Waals surface area (Å²) in [5.41, 5.74) is 5.89. The predicted molar refractivity (Wildman–Crippen MR) is 84.4 cm³/mol. The first-order valence-corrected chi connectivity index (χ1v) is 8.81. The van der Waals surface area contributed by atoms with Gasteiger partial charge in [-0.15, -0.1) is 0 Å². The van der Waals surface area contributed by atoms with E-state index in [2.05, 4.69) is 11.6 Å². The number of unbranched alkanes of at least 4 members (excludes halogenated alkanes) is 3. The Kier molecular flexibility index (Phi) is 6.79. The van der Waals surface area contributed by atoms with Crippen LogP contribution in [0.5, 0.6) is 0 Å². The van der Waals surface area contributed by atoms with Gasteiger partial charge in [-0.25, -0.2) is 13.1 Å². The molecule has 0 aromatic heterocycles. The predicted octanol–water partition coefficient (Wildman–Crippen LogP) is 3.56. The molecule has 0 heterocycles. The number of benzene rings is 1. The highest BCUT2D eigenvalue weighted by molar-refractivity contribution is 7.89. The minimum absolute atomic E-state index is 0.0259. The van der Waals surface area contributed by atoms with Crippen LogP contribution in [0.3, 0.4) is 0 Å². The third kappa shape index (κ3) is 4.96. The second-order valence-corrected chi connectivity index (χ2v) is 7.09. The average molecular weight is 319 g/mol. The summed E-state index contributed by atoms with van der Waals surface area (Å²) < 4.78 is 27.2. The molecule has 0 aliphatic carbocycles. The second kappa shape index (κ2) is 7.86. The van der Waals surface area contributed by atoms with Gasteiger partial charge in [0.15, 0.2) is 0 Å². The number of nitrogen functional groups attached to an aromatic ring is 1. The largest absolute Gasteiger partial charge is 0.398 e. The first-order valence-electron chi connectivity index (χ1n) is 6.94. The summed E-state index contributed by atoms with van der Waals surface area (Å²) in [4.78, 5) is -0.0259. The van der Waals surface area contributed by atoms with Crippen LogP contribution in [0.1, 0.15) is 46.0 Å². The first kappa shape index (κ1) is 17.3. The molecule has 1 aromatic carbocycles. The highest BCUT2D eigenvalue weighted by Gasteiger charge is 2.22. The SMILES string of the molecule is CCCCCCC(C)NS(=O)(=O)c1c(N)cccc1Cl. The van der Waals surface area contributed by atoms with Gasteiger partial charge < -0.3 is 5.73 Å². The second-order valence-electron chi connectivity index (χ2n) is 5.03. The van der Waals surface area contributed by atoms with Gasteiger partial charge in [0.25, 0.3) is 0 Å². The first-order chi connectivity index (χ1) is 9.38. The lowest BCUT2D eigenvalue weighted by atomic mass is 10.1. The summed E-state index contributed by atoms with van der Waals surface area (Å²) in [5, 5.41) is 0.149. The highest BCUT2D eigenvalue weighted by Crippen LogP contribution is 2.27. The lowest BCUT2D eigenvalue weighted by Gasteiger charge is -2.16. The number of rotatable bonds is 8. The molecule has 6 heteroatoms. The zero-order chi connectivity index (χ0) is 15.2. The summed E-state index contributed by atoms with van der Waals surface area (Å²) in [6.45, 7) is 4.00. The summed E-state index contributed by atoms with van der Waals surface area (Å²) in [6, 6.07) is 4.56. The molecule has 0 aliphatic rings. The van der Waals surface area contributed by atoms with Crippen LogP contribution < -0.4 is 10.5 Å². The number of hydrogen-bond donors (Lipinski definition) is 2. The summed E-state index contributed by atoms with van der Waals surface area (Å²) in [6.07, 6.45) is 5.28. The molecule has 0 saturated carbocycles. The number of anilines is 1. The van der Waals surface area contributed by atoms with Crippen molar-refractivity contribution in [1.82, 2.24) is 4.72 Å². The van der Waals surface area contributed by atoms with E-state index >= 15 is 0 Å². The van der Waals surface area contributed by atoms with Crippen molar-refractivity contribution in [2.24, 2.45) is 0 Å². The van der Waals surface area contributed by atoms with E-state index in [0.717, 1.165) is 25.7 Å². The van der Waals surface area contributed by atoms with Crippen molar-refractivity contribution < 1.29 is 8.42 Å². The van der Waals surface area contributed by atoms with E-state index in [1.807, 2.05) is 6.92 Å². The van der Waals surface area contributed by atoms with Crippen LogP contribution in [0.25, 0.3) is 0 Å². The van der Waals surface area contributed by atoms with Gasteiger partial charge >= 0.3 is 0 Å². The van der Waals surface area contributed by atoms with E-state index in [-0.39, 0.29) is 21.6 Å². The Labute approximate surface area is 126 Å². The molecule has 1 atom stereocenters. The number of halogens is 1. The van der Waals surface area contributed by atoms with Gasteiger partial charge in [-0.05, 0) is 25.5 Å². The molecule has 0 bridgehead atoms. The number of sulfonamides is 1. The van der Waals surface area contributed by atoms with Crippen LogP contribution in [-0.2, 0) is 10.0 Å².